The Labute approximate surface area is 249 Å². The molecule has 232 valence electrons. The molecule has 5 rings (SSSR count). The van der Waals surface area contributed by atoms with Crippen LogP contribution in [0.4, 0.5) is 0 Å². The predicted molar refractivity (Wildman–Crippen MR) is 154 cm³/mol. The number of carbonyl (C=O) groups is 3. The van der Waals surface area contributed by atoms with Crippen LogP contribution < -0.4 is 10.5 Å². The standard InChI is InChI=1S/C32H39NO10/c1-14(34)32(40)11-17-21(19(12-32)42-13-30(5)29(3,4)28(33)31(6,39)15(2)43-30)27(38)23-22(25(17)36)24(35)16-9-8-10-18(41-7)20(16)26(23)37/h8-10,15,19,28,36,38-40H,11-13,33H2,1-7H3. The van der Waals surface area contributed by atoms with E-state index in [1.165, 1.54) is 32.2 Å². The minimum Gasteiger partial charge on any atom is -0.507 e. The summed E-state index contributed by atoms with van der Waals surface area (Å²) >= 11 is 0. The van der Waals surface area contributed by atoms with Crippen LogP contribution in [0.15, 0.2) is 18.2 Å². The number of phenols is 2. The number of ether oxygens (including phenoxy) is 3. The summed E-state index contributed by atoms with van der Waals surface area (Å²) in [4.78, 5) is 40.1. The molecule has 1 saturated heterocycles. The maximum atomic E-state index is 13.8. The minimum atomic E-state index is -2.00. The normalized spacial score (nSPS) is 32.9. The zero-order valence-corrected chi connectivity index (χ0v) is 25.4. The number of hydrogen-bond acceptors (Lipinski definition) is 11. The first-order valence-corrected chi connectivity index (χ1v) is 14.2. The molecule has 1 heterocycles. The summed E-state index contributed by atoms with van der Waals surface area (Å²) in [6.07, 6.45) is -2.61. The van der Waals surface area contributed by atoms with Crippen molar-refractivity contribution in [3.05, 3.63) is 51.6 Å². The molecular formula is C32H39NO10. The molecule has 2 aliphatic carbocycles. The SMILES string of the molecule is COc1cccc2c1C(=O)c1c(O)c3c(c(O)c1C2=O)CC(O)(C(C)=O)CC3OCC1(C)OC(C)C(C)(O)C(N)C1(C)C. The maximum Gasteiger partial charge on any atom is 0.202 e. The molecule has 43 heavy (non-hydrogen) atoms. The van der Waals surface area contributed by atoms with Crippen LogP contribution in [0.25, 0.3) is 0 Å². The summed E-state index contributed by atoms with van der Waals surface area (Å²) in [5.74, 6) is -3.12. The zero-order valence-electron chi connectivity index (χ0n) is 25.4. The number of carbonyl (C=O) groups excluding carboxylic acids is 3. The van der Waals surface area contributed by atoms with E-state index in [0.29, 0.717) is 0 Å². The Bertz CT molecular complexity index is 1560. The molecule has 0 amide bonds. The number of ketones is 3. The summed E-state index contributed by atoms with van der Waals surface area (Å²) in [5.41, 5.74) is 0.254. The van der Waals surface area contributed by atoms with E-state index in [9.17, 15) is 34.8 Å². The van der Waals surface area contributed by atoms with Gasteiger partial charge in [0.05, 0.1) is 48.2 Å². The average Bonchev–Trinajstić information content (AvgIpc) is 2.94. The van der Waals surface area contributed by atoms with Crippen LogP contribution in [0, 0.1) is 5.41 Å². The van der Waals surface area contributed by atoms with E-state index in [1.54, 1.807) is 20.8 Å². The second-order valence-electron chi connectivity index (χ2n) is 13.1. The molecule has 6 N–H and O–H groups in total. The molecule has 2 aromatic rings. The third-order valence-electron chi connectivity index (χ3n) is 10.3. The Morgan fingerprint density at radius 1 is 1.05 bits per heavy atom. The van der Waals surface area contributed by atoms with E-state index < -0.39 is 86.9 Å². The number of phenolic OH excluding ortho intramolecular Hbond substituents is 2. The van der Waals surface area contributed by atoms with Gasteiger partial charge in [0.2, 0.25) is 5.78 Å². The van der Waals surface area contributed by atoms with Crippen LogP contribution >= 0.6 is 0 Å². The number of rotatable bonds is 5. The lowest BCUT2D eigenvalue weighted by atomic mass is 9.62. The Balaban J connectivity index is 1.65. The van der Waals surface area contributed by atoms with Crippen molar-refractivity contribution in [1.29, 1.82) is 0 Å². The van der Waals surface area contributed by atoms with Crippen LogP contribution in [0.2, 0.25) is 0 Å². The summed E-state index contributed by atoms with van der Waals surface area (Å²) in [5, 5.41) is 45.6. The van der Waals surface area contributed by atoms with Gasteiger partial charge in [0.1, 0.15) is 28.5 Å². The van der Waals surface area contributed by atoms with Gasteiger partial charge in [-0.2, -0.15) is 0 Å². The topological polar surface area (TPSA) is 186 Å². The molecule has 6 unspecified atom stereocenters. The van der Waals surface area contributed by atoms with Crippen molar-refractivity contribution in [2.45, 2.75) is 89.4 Å². The highest BCUT2D eigenvalue weighted by molar-refractivity contribution is 6.31. The second kappa shape index (κ2) is 9.83. The summed E-state index contributed by atoms with van der Waals surface area (Å²) in [7, 11) is 1.35. The first-order valence-electron chi connectivity index (χ1n) is 14.2. The lowest BCUT2D eigenvalue weighted by Gasteiger charge is -2.59. The van der Waals surface area contributed by atoms with Gasteiger partial charge in [-0.1, -0.05) is 26.0 Å². The molecular weight excluding hydrogens is 558 g/mol. The van der Waals surface area contributed by atoms with Crippen molar-refractivity contribution in [3.8, 4) is 17.2 Å². The van der Waals surface area contributed by atoms with Crippen LogP contribution in [-0.4, -0.2) is 80.4 Å². The minimum absolute atomic E-state index is 0.0109. The Morgan fingerprint density at radius 3 is 2.28 bits per heavy atom. The summed E-state index contributed by atoms with van der Waals surface area (Å²) in [6, 6.07) is 3.74. The average molecular weight is 598 g/mol. The van der Waals surface area contributed by atoms with Crippen molar-refractivity contribution in [2.75, 3.05) is 13.7 Å². The first kappa shape index (κ1) is 31.1. The summed E-state index contributed by atoms with van der Waals surface area (Å²) < 4.78 is 17.9. The van der Waals surface area contributed by atoms with E-state index >= 15 is 0 Å². The number of aliphatic hydroxyl groups is 2. The van der Waals surface area contributed by atoms with Crippen molar-refractivity contribution in [2.24, 2.45) is 11.1 Å². The van der Waals surface area contributed by atoms with Crippen molar-refractivity contribution >= 4 is 17.3 Å². The quantitative estimate of drug-likeness (QED) is 0.272. The maximum absolute atomic E-state index is 13.8. The van der Waals surface area contributed by atoms with Crippen LogP contribution in [0.5, 0.6) is 17.2 Å². The largest absolute Gasteiger partial charge is 0.507 e. The molecule has 11 nitrogen and oxygen atoms in total. The van der Waals surface area contributed by atoms with E-state index in [4.69, 9.17) is 19.9 Å². The fourth-order valence-corrected chi connectivity index (χ4v) is 6.78. The van der Waals surface area contributed by atoms with E-state index in [1.807, 2.05) is 13.8 Å². The highest BCUT2D eigenvalue weighted by Gasteiger charge is 2.60. The molecule has 6 atom stereocenters. The van der Waals surface area contributed by atoms with Gasteiger partial charge >= 0.3 is 0 Å². The van der Waals surface area contributed by atoms with Crippen molar-refractivity contribution in [3.63, 3.8) is 0 Å². The third-order valence-corrected chi connectivity index (χ3v) is 10.3. The fraction of sp³-hybridized carbons (Fsp3) is 0.531. The lowest BCUT2D eigenvalue weighted by molar-refractivity contribution is -0.281. The van der Waals surface area contributed by atoms with Gasteiger partial charge in [0.15, 0.2) is 11.6 Å². The third kappa shape index (κ3) is 4.24. The number of methoxy groups -OCH3 is 1. The Hall–Kier alpha value is -3.35. The fourth-order valence-electron chi connectivity index (χ4n) is 6.78. The van der Waals surface area contributed by atoms with E-state index in [-0.39, 0.29) is 41.0 Å². The molecule has 1 aliphatic heterocycles. The number of fused-ring (bicyclic) bond motifs is 3. The number of benzene rings is 2. The van der Waals surface area contributed by atoms with E-state index in [2.05, 4.69) is 0 Å². The number of Topliss-reactive ketones (excluding diaryl/α,β-unsaturated/α-hetero) is 1. The zero-order chi connectivity index (χ0) is 32.0. The smallest absolute Gasteiger partial charge is 0.202 e. The molecule has 0 aromatic heterocycles. The van der Waals surface area contributed by atoms with Crippen LogP contribution in [0.3, 0.4) is 0 Å². The van der Waals surface area contributed by atoms with Gasteiger partial charge in [-0.05, 0) is 33.8 Å². The molecule has 0 saturated carbocycles. The van der Waals surface area contributed by atoms with Crippen molar-refractivity contribution < 1.29 is 49.0 Å². The summed E-state index contributed by atoms with van der Waals surface area (Å²) in [6.45, 7) is 9.77. The number of aromatic hydroxyl groups is 2. The van der Waals surface area contributed by atoms with Crippen LogP contribution in [0.1, 0.15) is 97.0 Å². The van der Waals surface area contributed by atoms with Gasteiger partial charge in [0, 0.05) is 41.0 Å². The molecule has 0 bridgehead atoms. The highest BCUT2D eigenvalue weighted by atomic mass is 16.6. The number of nitrogens with two attached hydrogens (primary N) is 1. The van der Waals surface area contributed by atoms with Gasteiger partial charge in [-0.15, -0.1) is 0 Å². The van der Waals surface area contributed by atoms with Crippen molar-refractivity contribution in [1.82, 2.24) is 0 Å². The monoisotopic (exact) mass is 597 g/mol. The van der Waals surface area contributed by atoms with Gasteiger partial charge in [-0.25, -0.2) is 0 Å². The molecule has 11 heteroatoms. The second-order valence-corrected chi connectivity index (χ2v) is 13.1. The molecule has 0 spiro atoms. The molecule has 3 aliphatic rings. The lowest BCUT2D eigenvalue weighted by Crippen LogP contribution is -2.73. The molecule has 1 fully saturated rings. The highest BCUT2D eigenvalue weighted by Crippen LogP contribution is 2.53. The van der Waals surface area contributed by atoms with Crippen LogP contribution in [-0.2, 0) is 20.7 Å². The number of hydrogen-bond donors (Lipinski definition) is 5. The molecule has 2 aromatic carbocycles. The van der Waals surface area contributed by atoms with Gasteiger partial charge in [-0.3, -0.25) is 14.4 Å². The van der Waals surface area contributed by atoms with Gasteiger partial charge in [0.25, 0.3) is 0 Å². The Morgan fingerprint density at radius 2 is 1.67 bits per heavy atom. The Kier molecular flexibility index (Phi) is 7.11. The molecule has 0 radical (unpaired) electrons. The predicted octanol–water partition coefficient (Wildman–Crippen LogP) is 2.49. The first-order chi connectivity index (χ1) is 19.8. The van der Waals surface area contributed by atoms with Gasteiger partial charge < -0.3 is 40.4 Å². The van der Waals surface area contributed by atoms with E-state index in [0.717, 1.165) is 0 Å².